The lowest BCUT2D eigenvalue weighted by molar-refractivity contribution is -0.384. The summed E-state index contributed by atoms with van der Waals surface area (Å²) in [6.07, 6.45) is 0.789. The lowest BCUT2D eigenvalue weighted by Gasteiger charge is -2.22. The number of ether oxygens (including phenoxy) is 2. The lowest BCUT2D eigenvalue weighted by atomic mass is 10.1. The molecule has 0 saturated carbocycles. The minimum absolute atomic E-state index is 0.0288. The van der Waals surface area contributed by atoms with Gasteiger partial charge < -0.3 is 9.47 Å². The molecule has 0 radical (unpaired) electrons. The van der Waals surface area contributed by atoms with Crippen molar-refractivity contribution in [3.63, 3.8) is 0 Å². The SMILES string of the molecule is O=[N+]([O-])c1ccc(Oc2ccc3c(c2)OCCC3Cl)cc1. The van der Waals surface area contributed by atoms with Crippen LogP contribution in [-0.2, 0) is 0 Å². The summed E-state index contributed by atoms with van der Waals surface area (Å²) in [7, 11) is 0. The number of rotatable bonds is 3. The van der Waals surface area contributed by atoms with Crippen molar-refractivity contribution >= 4 is 17.3 Å². The van der Waals surface area contributed by atoms with Crippen molar-refractivity contribution < 1.29 is 14.4 Å². The summed E-state index contributed by atoms with van der Waals surface area (Å²) in [5.74, 6) is 1.85. The van der Waals surface area contributed by atoms with E-state index < -0.39 is 4.92 Å². The molecule has 3 rings (SSSR count). The Kier molecular flexibility index (Phi) is 3.66. The van der Waals surface area contributed by atoms with E-state index in [1.807, 2.05) is 12.1 Å². The molecular formula is C15H12ClNO4. The van der Waals surface area contributed by atoms with Crippen molar-refractivity contribution in [1.29, 1.82) is 0 Å². The lowest BCUT2D eigenvalue weighted by Crippen LogP contribution is -2.10. The smallest absolute Gasteiger partial charge is 0.269 e. The molecule has 1 aliphatic rings. The Balaban J connectivity index is 1.80. The molecule has 0 spiro atoms. The van der Waals surface area contributed by atoms with Crippen molar-refractivity contribution in [3.05, 3.63) is 58.1 Å². The Morgan fingerprint density at radius 2 is 1.90 bits per heavy atom. The van der Waals surface area contributed by atoms with E-state index >= 15 is 0 Å². The number of alkyl halides is 1. The molecule has 2 aromatic carbocycles. The van der Waals surface area contributed by atoms with Crippen LogP contribution in [0.3, 0.4) is 0 Å². The van der Waals surface area contributed by atoms with E-state index in [2.05, 4.69) is 0 Å². The van der Waals surface area contributed by atoms with Gasteiger partial charge in [-0.1, -0.05) is 6.07 Å². The third-order valence-electron chi connectivity index (χ3n) is 3.23. The highest BCUT2D eigenvalue weighted by atomic mass is 35.5. The number of hydrogen-bond donors (Lipinski definition) is 0. The number of nitro groups is 1. The molecule has 0 amide bonds. The molecule has 1 heterocycles. The molecule has 1 atom stereocenters. The van der Waals surface area contributed by atoms with Gasteiger partial charge in [0.1, 0.15) is 17.2 Å². The number of non-ortho nitro benzene ring substituents is 1. The molecule has 21 heavy (non-hydrogen) atoms. The minimum atomic E-state index is -0.447. The van der Waals surface area contributed by atoms with Gasteiger partial charge in [-0.05, 0) is 18.2 Å². The van der Waals surface area contributed by atoms with Crippen LogP contribution in [0.4, 0.5) is 5.69 Å². The molecule has 0 saturated heterocycles. The summed E-state index contributed by atoms with van der Waals surface area (Å²) in [6, 6.07) is 11.4. The van der Waals surface area contributed by atoms with Gasteiger partial charge in [0, 0.05) is 30.2 Å². The third kappa shape index (κ3) is 2.92. The molecule has 5 nitrogen and oxygen atoms in total. The van der Waals surface area contributed by atoms with Gasteiger partial charge in [0.05, 0.1) is 16.9 Å². The zero-order chi connectivity index (χ0) is 14.8. The van der Waals surface area contributed by atoms with Gasteiger partial charge in [0.25, 0.3) is 5.69 Å². The first-order chi connectivity index (χ1) is 10.1. The highest BCUT2D eigenvalue weighted by Gasteiger charge is 2.19. The van der Waals surface area contributed by atoms with E-state index in [9.17, 15) is 10.1 Å². The fraction of sp³-hybridized carbons (Fsp3) is 0.200. The van der Waals surface area contributed by atoms with E-state index in [4.69, 9.17) is 21.1 Å². The zero-order valence-corrected chi connectivity index (χ0v) is 11.7. The quantitative estimate of drug-likeness (QED) is 0.477. The van der Waals surface area contributed by atoms with Crippen LogP contribution in [0.1, 0.15) is 17.4 Å². The summed E-state index contributed by atoms with van der Waals surface area (Å²) in [5, 5.41) is 10.6. The first-order valence-corrected chi connectivity index (χ1v) is 6.90. The summed E-state index contributed by atoms with van der Waals surface area (Å²) in [5.41, 5.74) is 0.986. The van der Waals surface area contributed by atoms with Crippen LogP contribution in [0.2, 0.25) is 0 Å². The Bertz CT molecular complexity index is 672. The summed E-state index contributed by atoms with van der Waals surface area (Å²) in [6.45, 7) is 0.585. The van der Waals surface area contributed by atoms with Gasteiger partial charge in [-0.2, -0.15) is 0 Å². The molecule has 0 aliphatic carbocycles. The second-order valence-corrected chi connectivity index (χ2v) is 5.18. The fourth-order valence-electron chi connectivity index (χ4n) is 2.16. The summed E-state index contributed by atoms with van der Waals surface area (Å²) < 4.78 is 11.2. The van der Waals surface area contributed by atoms with Crippen LogP contribution in [0.25, 0.3) is 0 Å². The van der Waals surface area contributed by atoms with Gasteiger partial charge >= 0.3 is 0 Å². The number of nitrogens with zero attached hydrogens (tertiary/aromatic N) is 1. The van der Waals surface area contributed by atoms with Gasteiger partial charge in [0.15, 0.2) is 0 Å². The molecule has 0 bridgehead atoms. The minimum Gasteiger partial charge on any atom is -0.493 e. The van der Waals surface area contributed by atoms with E-state index in [1.54, 1.807) is 18.2 Å². The Morgan fingerprint density at radius 1 is 1.19 bits per heavy atom. The number of fused-ring (bicyclic) bond motifs is 1. The number of nitro benzene ring substituents is 1. The topological polar surface area (TPSA) is 61.6 Å². The second kappa shape index (κ2) is 5.61. The van der Waals surface area contributed by atoms with Crippen LogP contribution in [-0.4, -0.2) is 11.5 Å². The second-order valence-electron chi connectivity index (χ2n) is 4.66. The number of hydrogen-bond acceptors (Lipinski definition) is 4. The van der Waals surface area contributed by atoms with Crippen LogP contribution < -0.4 is 9.47 Å². The van der Waals surface area contributed by atoms with Gasteiger partial charge in [-0.15, -0.1) is 11.6 Å². The first kappa shape index (κ1) is 13.7. The standard InChI is InChI=1S/C15H12ClNO4/c16-14-7-8-20-15-9-12(5-6-13(14)15)21-11-3-1-10(2-4-11)17(18)19/h1-6,9,14H,7-8H2. The highest BCUT2D eigenvalue weighted by molar-refractivity contribution is 6.21. The van der Waals surface area contributed by atoms with Crippen LogP contribution in [0.15, 0.2) is 42.5 Å². The normalized spacial score (nSPS) is 16.7. The predicted octanol–water partition coefficient (Wildman–Crippen LogP) is 4.45. The van der Waals surface area contributed by atoms with Gasteiger partial charge in [-0.3, -0.25) is 10.1 Å². The third-order valence-corrected chi connectivity index (χ3v) is 3.69. The Morgan fingerprint density at radius 3 is 2.62 bits per heavy atom. The molecule has 6 heteroatoms. The van der Waals surface area contributed by atoms with Crippen molar-refractivity contribution in [2.45, 2.75) is 11.8 Å². The van der Waals surface area contributed by atoms with Crippen LogP contribution >= 0.6 is 11.6 Å². The largest absolute Gasteiger partial charge is 0.493 e. The maximum absolute atomic E-state index is 10.6. The van der Waals surface area contributed by atoms with E-state index in [1.165, 1.54) is 12.1 Å². The predicted molar refractivity (Wildman–Crippen MR) is 78.3 cm³/mol. The molecule has 0 N–H and O–H groups in total. The van der Waals surface area contributed by atoms with Crippen molar-refractivity contribution in [1.82, 2.24) is 0 Å². The number of halogens is 1. The fourth-order valence-corrected chi connectivity index (χ4v) is 2.43. The van der Waals surface area contributed by atoms with Gasteiger partial charge in [-0.25, -0.2) is 0 Å². The highest BCUT2D eigenvalue weighted by Crippen LogP contribution is 2.39. The monoisotopic (exact) mass is 305 g/mol. The average Bonchev–Trinajstić information content (AvgIpc) is 2.48. The molecule has 1 aliphatic heterocycles. The molecular weight excluding hydrogens is 294 g/mol. The first-order valence-electron chi connectivity index (χ1n) is 6.46. The number of benzene rings is 2. The molecule has 0 aromatic heterocycles. The zero-order valence-electron chi connectivity index (χ0n) is 11.0. The molecule has 0 fully saturated rings. The maximum Gasteiger partial charge on any atom is 0.269 e. The summed E-state index contributed by atoms with van der Waals surface area (Å²) >= 11 is 6.22. The van der Waals surface area contributed by atoms with E-state index in [0.29, 0.717) is 18.1 Å². The van der Waals surface area contributed by atoms with E-state index in [0.717, 1.165) is 17.7 Å². The van der Waals surface area contributed by atoms with Gasteiger partial charge in [0.2, 0.25) is 0 Å². The molecule has 108 valence electrons. The van der Waals surface area contributed by atoms with Crippen molar-refractivity contribution in [2.75, 3.05) is 6.61 Å². The van der Waals surface area contributed by atoms with Crippen molar-refractivity contribution in [3.8, 4) is 17.2 Å². The Hall–Kier alpha value is -2.27. The van der Waals surface area contributed by atoms with E-state index in [-0.39, 0.29) is 11.1 Å². The van der Waals surface area contributed by atoms with Crippen LogP contribution in [0, 0.1) is 10.1 Å². The van der Waals surface area contributed by atoms with Crippen LogP contribution in [0.5, 0.6) is 17.2 Å². The maximum atomic E-state index is 10.6. The average molecular weight is 306 g/mol. The van der Waals surface area contributed by atoms with Crippen molar-refractivity contribution in [2.24, 2.45) is 0 Å². The molecule has 1 unspecified atom stereocenters. The molecule has 2 aromatic rings. The summed E-state index contributed by atoms with van der Waals surface area (Å²) in [4.78, 5) is 10.2. The Labute approximate surface area is 126 Å².